The van der Waals surface area contributed by atoms with Crippen LogP contribution < -0.4 is 0 Å². The minimum absolute atomic E-state index is 0.125. The summed E-state index contributed by atoms with van der Waals surface area (Å²) in [6, 6.07) is 7.10. The predicted molar refractivity (Wildman–Crippen MR) is 72.2 cm³/mol. The molecule has 1 saturated carbocycles. The molecular formula is C16H22FN. The first-order valence-electron chi connectivity index (χ1n) is 7.29. The van der Waals surface area contributed by atoms with Crippen LogP contribution >= 0.6 is 0 Å². The molecule has 1 aromatic carbocycles. The van der Waals surface area contributed by atoms with Crippen molar-refractivity contribution in [2.45, 2.75) is 38.0 Å². The van der Waals surface area contributed by atoms with Gasteiger partial charge in [-0.2, -0.15) is 0 Å². The highest BCUT2D eigenvalue weighted by atomic mass is 19.1. The molecular weight excluding hydrogens is 225 g/mol. The van der Waals surface area contributed by atoms with Crippen LogP contribution in [0.25, 0.3) is 0 Å². The summed E-state index contributed by atoms with van der Waals surface area (Å²) in [5, 5.41) is 0. The van der Waals surface area contributed by atoms with E-state index in [0.717, 1.165) is 5.92 Å². The van der Waals surface area contributed by atoms with Gasteiger partial charge in [-0.15, -0.1) is 0 Å². The van der Waals surface area contributed by atoms with Crippen LogP contribution in [-0.4, -0.2) is 24.5 Å². The fraction of sp³-hybridized carbons (Fsp3) is 0.625. The van der Waals surface area contributed by atoms with E-state index >= 15 is 0 Å². The maximum absolute atomic E-state index is 12.9. The average molecular weight is 247 g/mol. The molecule has 1 saturated heterocycles. The Morgan fingerprint density at radius 2 is 1.78 bits per heavy atom. The average Bonchev–Trinajstić information content (AvgIpc) is 3.02. The molecule has 0 spiro atoms. The van der Waals surface area contributed by atoms with Crippen LogP contribution in [0, 0.1) is 11.7 Å². The maximum atomic E-state index is 12.9. The van der Waals surface area contributed by atoms with Crippen molar-refractivity contribution < 1.29 is 4.39 Å². The van der Waals surface area contributed by atoms with Gasteiger partial charge in [0, 0.05) is 13.1 Å². The molecule has 0 bridgehead atoms. The van der Waals surface area contributed by atoms with Gasteiger partial charge in [-0.3, -0.25) is 0 Å². The van der Waals surface area contributed by atoms with E-state index in [1.165, 1.54) is 57.3 Å². The monoisotopic (exact) mass is 247 g/mol. The molecule has 2 aliphatic rings. The molecule has 2 fully saturated rings. The van der Waals surface area contributed by atoms with Gasteiger partial charge in [-0.05, 0) is 55.3 Å². The molecule has 2 heteroatoms. The van der Waals surface area contributed by atoms with Crippen LogP contribution in [0.15, 0.2) is 24.3 Å². The maximum Gasteiger partial charge on any atom is 0.123 e. The SMILES string of the molecule is Fc1ccc([C@@H]2CCN(CC3CCCC3)C2)cc1. The fourth-order valence-electron chi connectivity index (χ4n) is 3.56. The lowest BCUT2D eigenvalue weighted by Gasteiger charge is -2.20. The first-order valence-corrected chi connectivity index (χ1v) is 7.29. The summed E-state index contributed by atoms with van der Waals surface area (Å²) in [6.07, 6.45) is 6.95. The Labute approximate surface area is 109 Å². The second-order valence-electron chi connectivity index (χ2n) is 5.95. The second-order valence-corrected chi connectivity index (χ2v) is 5.95. The minimum Gasteiger partial charge on any atom is -0.302 e. The Bertz CT molecular complexity index is 381. The first-order chi connectivity index (χ1) is 8.81. The molecule has 98 valence electrons. The second kappa shape index (κ2) is 5.40. The number of hydrogen-bond donors (Lipinski definition) is 0. The van der Waals surface area contributed by atoms with Crippen molar-refractivity contribution in [1.29, 1.82) is 0 Å². The number of benzene rings is 1. The van der Waals surface area contributed by atoms with E-state index in [-0.39, 0.29) is 5.82 Å². The highest BCUT2D eigenvalue weighted by molar-refractivity contribution is 5.21. The molecule has 3 rings (SSSR count). The van der Waals surface area contributed by atoms with E-state index in [9.17, 15) is 4.39 Å². The van der Waals surface area contributed by atoms with Gasteiger partial charge in [0.15, 0.2) is 0 Å². The van der Waals surface area contributed by atoms with E-state index in [4.69, 9.17) is 0 Å². The molecule has 1 atom stereocenters. The van der Waals surface area contributed by atoms with Crippen LogP contribution in [-0.2, 0) is 0 Å². The molecule has 1 aliphatic carbocycles. The van der Waals surface area contributed by atoms with Gasteiger partial charge in [0.25, 0.3) is 0 Å². The molecule has 18 heavy (non-hydrogen) atoms. The minimum atomic E-state index is -0.125. The third-order valence-corrected chi connectivity index (χ3v) is 4.60. The van der Waals surface area contributed by atoms with Crippen LogP contribution in [0.2, 0.25) is 0 Å². The summed E-state index contributed by atoms with van der Waals surface area (Å²) in [7, 11) is 0. The Balaban J connectivity index is 1.55. The Hall–Kier alpha value is -0.890. The first kappa shape index (κ1) is 12.2. The predicted octanol–water partition coefficient (Wildman–Crippen LogP) is 3.81. The molecule has 1 aliphatic heterocycles. The number of halogens is 1. The number of hydrogen-bond acceptors (Lipinski definition) is 1. The van der Waals surface area contributed by atoms with Crippen molar-refractivity contribution in [1.82, 2.24) is 4.90 Å². The van der Waals surface area contributed by atoms with Crippen LogP contribution in [0.5, 0.6) is 0 Å². The smallest absolute Gasteiger partial charge is 0.123 e. The summed E-state index contributed by atoms with van der Waals surface area (Å²) in [5.41, 5.74) is 1.31. The molecule has 0 aromatic heterocycles. The summed E-state index contributed by atoms with van der Waals surface area (Å²) >= 11 is 0. The summed E-state index contributed by atoms with van der Waals surface area (Å²) in [5.74, 6) is 1.43. The lowest BCUT2D eigenvalue weighted by Crippen LogP contribution is -2.26. The van der Waals surface area contributed by atoms with Crippen LogP contribution in [0.3, 0.4) is 0 Å². The van der Waals surface area contributed by atoms with E-state index in [2.05, 4.69) is 4.90 Å². The normalized spacial score (nSPS) is 25.9. The Kier molecular flexibility index (Phi) is 3.64. The van der Waals surface area contributed by atoms with Gasteiger partial charge in [-0.25, -0.2) is 4.39 Å². The van der Waals surface area contributed by atoms with Gasteiger partial charge >= 0.3 is 0 Å². The van der Waals surface area contributed by atoms with Crippen molar-refractivity contribution in [2.75, 3.05) is 19.6 Å². The molecule has 1 aromatic rings. The Morgan fingerprint density at radius 1 is 1.06 bits per heavy atom. The molecule has 0 amide bonds. The zero-order chi connectivity index (χ0) is 12.4. The highest BCUT2D eigenvalue weighted by Gasteiger charge is 2.26. The quantitative estimate of drug-likeness (QED) is 0.785. The third-order valence-electron chi connectivity index (χ3n) is 4.60. The highest BCUT2D eigenvalue weighted by Crippen LogP contribution is 2.31. The van der Waals surface area contributed by atoms with Crippen molar-refractivity contribution >= 4 is 0 Å². The molecule has 0 N–H and O–H groups in total. The molecule has 1 nitrogen and oxygen atoms in total. The van der Waals surface area contributed by atoms with E-state index in [0.29, 0.717) is 5.92 Å². The van der Waals surface area contributed by atoms with Crippen LogP contribution in [0.4, 0.5) is 4.39 Å². The Morgan fingerprint density at radius 3 is 2.50 bits per heavy atom. The van der Waals surface area contributed by atoms with Gasteiger partial charge in [-0.1, -0.05) is 25.0 Å². The number of rotatable bonds is 3. The van der Waals surface area contributed by atoms with E-state index in [1.807, 2.05) is 12.1 Å². The lowest BCUT2D eigenvalue weighted by molar-refractivity contribution is 0.277. The molecule has 0 radical (unpaired) electrons. The fourth-order valence-corrected chi connectivity index (χ4v) is 3.56. The summed E-state index contributed by atoms with van der Waals surface area (Å²) in [4.78, 5) is 2.62. The zero-order valence-electron chi connectivity index (χ0n) is 10.9. The van der Waals surface area contributed by atoms with Crippen LogP contribution in [0.1, 0.15) is 43.6 Å². The molecule has 0 unspecified atom stereocenters. The third kappa shape index (κ3) is 2.74. The van der Waals surface area contributed by atoms with E-state index < -0.39 is 0 Å². The summed E-state index contributed by atoms with van der Waals surface area (Å²) < 4.78 is 12.9. The van der Waals surface area contributed by atoms with Crippen molar-refractivity contribution in [3.63, 3.8) is 0 Å². The van der Waals surface area contributed by atoms with E-state index in [1.54, 1.807) is 12.1 Å². The largest absolute Gasteiger partial charge is 0.302 e. The van der Waals surface area contributed by atoms with Gasteiger partial charge in [0.1, 0.15) is 5.82 Å². The van der Waals surface area contributed by atoms with Gasteiger partial charge < -0.3 is 4.90 Å². The standard InChI is InChI=1S/C16H22FN/c17-16-7-5-14(6-8-16)15-9-10-18(12-15)11-13-3-1-2-4-13/h5-8,13,15H,1-4,9-12H2/t15-/m1/s1. The number of likely N-dealkylation sites (tertiary alicyclic amines) is 1. The molecule has 1 heterocycles. The van der Waals surface area contributed by atoms with Crippen molar-refractivity contribution in [3.05, 3.63) is 35.6 Å². The zero-order valence-corrected chi connectivity index (χ0v) is 10.9. The van der Waals surface area contributed by atoms with Gasteiger partial charge in [0.2, 0.25) is 0 Å². The van der Waals surface area contributed by atoms with Crippen molar-refractivity contribution in [3.8, 4) is 0 Å². The van der Waals surface area contributed by atoms with Gasteiger partial charge in [0.05, 0.1) is 0 Å². The number of nitrogens with zero attached hydrogens (tertiary/aromatic N) is 1. The lowest BCUT2D eigenvalue weighted by atomic mass is 9.98. The van der Waals surface area contributed by atoms with Crippen molar-refractivity contribution in [2.24, 2.45) is 5.92 Å². The summed E-state index contributed by atoms with van der Waals surface area (Å²) in [6.45, 7) is 3.68. The topological polar surface area (TPSA) is 3.24 Å².